The Kier molecular flexibility index (Phi) is 7.64. The number of ether oxygens (including phenoxy) is 1. The number of amides is 3. The first kappa shape index (κ1) is 26.1. The standard InChI is InChI=1S/C28H32N4O5S/c1-20-6-2-3-7-22(20)27(33)30-25-10-4-9-24-23(25)8-5-11-26(24)38(35,36)32(21-12-14-29-15-13-21)28(34)31-16-18-37-19-17-31/h2-11,21,29H,12-19H2,1H3,(H,30,33). The lowest BCUT2D eigenvalue weighted by Gasteiger charge is -2.38. The van der Waals surface area contributed by atoms with Crippen molar-refractivity contribution in [3.8, 4) is 0 Å². The van der Waals surface area contributed by atoms with Crippen molar-refractivity contribution in [2.45, 2.75) is 30.7 Å². The SMILES string of the molecule is Cc1ccccc1C(=O)Nc1cccc2c(S(=O)(=O)N(C(=O)N3CCOCC3)C3CCNCC3)cccc12. The maximum atomic E-state index is 14.3. The molecule has 3 aromatic carbocycles. The Hall–Kier alpha value is -3.47. The van der Waals surface area contributed by atoms with Crippen LogP contribution in [0.5, 0.6) is 0 Å². The van der Waals surface area contributed by atoms with Gasteiger partial charge in [-0.15, -0.1) is 0 Å². The summed E-state index contributed by atoms with van der Waals surface area (Å²) in [5.41, 5.74) is 1.88. The first-order valence-corrected chi connectivity index (χ1v) is 14.3. The number of urea groups is 1. The molecule has 0 aliphatic carbocycles. The molecule has 3 amide bonds. The molecule has 5 rings (SSSR count). The van der Waals surface area contributed by atoms with E-state index in [2.05, 4.69) is 10.6 Å². The van der Waals surface area contributed by atoms with Crippen LogP contribution in [0.3, 0.4) is 0 Å². The Balaban J connectivity index is 1.55. The number of piperidine rings is 1. The van der Waals surface area contributed by atoms with Crippen LogP contribution in [-0.2, 0) is 14.8 Å². The molecule has 3 aromatic rings. The van der Waals surface area contributed by atoms with Crippen LogP contribution in [0.2, 0.25) is 0 Å². The number of hydrogen-bond acceptors (Lipinski definition) is 6. The van der Waals surface area contributed by atoms with Gasteiger partial charge < -0.3 is 20.3 Å². The van der Waals surface area contributed by atoms with Gasteiger partial charge in [-0.25, -0.2) is 17.5 Å². The van der Waals surface area contributed by atoms with Crippen LogP contribution in [0.1, 0.15) is 28.8 Å². The van der Waals surface area contributed by atoms with E-state index in [1.54, 1.807) is 47.4 Å². The topological polar surface area (TPSA) is 108 Å². The summed E-state index contributed by atoms with van der Waals surface area (Å²) in [5.74, 6) is -0.275. The van der Waals surface area contributed by atoms with Crippen LogP contribution < -0.4 is 10.6 Å². The van der Waals surface area contributed by atoms with Crippen LogP contribution in [0, 0.1) is 6.92 Å². The number of fused-ring (bicyclic) bond motifs is 1. The first-order valence-electron chi connectivity index (χ1n) is 12.9. The number of nitrogens with one attached hydrogen (secondary N) is 2. The zero-order valence-corrected chi connectivity index (χ0v) is 22.2. The zero-order chi connectivity index (χ0) is 26.7. The van der Waals surface area contributed by atoms with Crippen molar-refractivity contribution in [3.05, 3.63) is 71.8 Å². The Morgan fingerprint density at radius 2 is 1.63 bits per heavy atom. The van der Waals surface area contributed by atoms with Gasteiger partial charge >= 0.3 is 6.03 Å². The average Bonchev–Trinajstić information content (AvgIpc) is 2.94. The second-order valence-corrected chi connectivity index (χ2v) is 11.4. The fraction of sp³-hybridized carbons (Fsp3) is 0.357. The number of aryl methyl sites for hydroxylation is 1. The molecule has 10 heteroatoms. The summed E-state index contributed by atoms with van der Waals surface area (Å²) >= 11 is 0. The maximum absolute atomic E-state index is 14.3. The van der Waals surface area contributed by atoms with Gasteiger partial charge in [0.1, 0.15) is 0 Å². The third kappa shape index (κ3) is 5.11. The molecular weight excluding hydrogens is 504 g/mol. The Morgan fingerprint density at radius 1 is 0.947 bits per heavy atom. The third-order valence-electron chi connectivity index (χ3n) is 7.17. The second-order valence-electron chi connectivity index (χ2n) is 9.59. The van der Waals surface area contributed by atoms with E-state index >= 15 is 0 Å². The summed E-state index contributed by atoms with van der Waals surface area (Å²) in [6, 6.07) is 16.5. The van der Waals surface area contributed by atoms with Crippen LogP contribution in [-0.4, -0.2) is 75.0 Å². The minimum absolute atomic E-state index is 0.0436. The second kappa shape index (κ2) is 11.1. The largest absolute Gasteiger partial charge is 0.378 e. The van der Waals surface area contributed by atoms with Gasteiger partial charge in [0.05, 0.1) is 24.2 Å². The van der Waals surface area contributed by atoms with E-state index in [1.165, 1.54) is 6.07 Å². The molecule has 0 bridgehead atoms. The molecule has 2 N–H and O–H groups in total. The van der Waals surface area contributed by atoms with Crippen molar-refractivity contribution in [2.24, 2.45) is 0 Å². The molecule has 2 heterocycles. The normalized spacial score (nSPS) is 16.8. The van der Waals surface area contributed by atoms with Gasteiger partial charge in [-0.05, 0) is 56.6 Å². The quantitative estimate of drug-likeness (QED) is 0.516. The van der Waals surface area contributed by atoms with Gasteiger partial charge in [0, 0.05) is 35.1 Å². The van der Waals surface area contributed by atoms with E-state index in [0.29, 0.717) is 74.3 Å². The fourth-order valence-electron chi connectivity index (χ4n) is 5.13. The minimum atomic E-state index is -4.22. The van der Waals surface area contributed by atoms with Crippen LogP contribution >= 0.6 is 0 Å². The first-order chi connectivity index (χ1) is 18.4. The lowest BCUT2D eigenvalue weighted by atomic mass is 10.1. The number of anilines is 1. The van der Waals surface area contributed by atoms with Crippen LogP contribution in [0.25, 0.3) is 10.8 Å². The van der Waals surface area contributed by atoms with Crippen molar-refractivity contribution >= 4 is 38.4 Å². The maximum Gasteiger partial charge on any atom is 0.334 e. The summed E-state index contributed by atoms with van der Waals surface area (Å²) in [5, 5.41) is 7.22. The van der Waals surface area contributed by atoms with E-state index in [-0.39, 0.29) is 10.8 Å². The number of hydrogen-bond donors (Lipinski definition) is 2. The Bertz CT molecular complexity index is 1450. The van der Waals surface area contributed by atoms with Crippen molar-refractivity contribution in [1.82, 2.24) is 14.5 Å². The molecule has 0 saturated carbocycles. The predicted molar refractivity (Wildman–Crippen MR) is 146 cm³/mol. The summed E-state index contributed by atoms with van der Waals surface area (Å²) in [6.45, 7) is 4.59. The van der Waals surface area contributed by atoms with E-state index in [1.807, 2.05) is 19.1 Å². The third-order valence-corrected chi connectivity index (χ3v) is 9.05. The molecule has 0 radical (unpaired) electrons. The highest BCUT2D eigenvalue weighted by Crippen LogP contribution is 2.33. The van der Waals surface area contributed by atoms with E-state index < -0.39 is 22.1 Å². The number of morpholine rings is 1. The molecule has 9 nitrogen and oxygen atoms in total. The molecule has 200 valence electrons. The number of benzene rings is 3. The number of carbonyl (C=O) groups excluding carboxylic acids is 2. The van der Waals surface area contributed by atoms with Gasteiger partial charge in [-0.2, -0.15) is 0 Å². The summed E-state index contributed by atoms with van der Waals surface area (Å²) in [6.07, 6.45) is 1.08. The van der Waals surface area contributed by atoms with Gasteiger partial charge in [0.15, 0.2) is 0 Å². The number of sulfonamides is 1. The Morgan fingerprint density at radius 3 is 2.37 bits per heavy atom. The molecular formula is C28H32N4O5S. The molecule has 38 heavy (non-hydrogen) atoms. The van der Waals surface area contributed by atoms with Gasteiger partial charge in [-0.1, -0.05) is 42.5 Å². The predicted octanol–water partition coefficient (Wildman–Crippen LogP) is 3.60. The molecule has 2 aliphatic heterocycles. The number of rotatable bonds is 5. The van der Waals surface area contributed by atoms with Crippen molar-refractivity contribution in [2.75, 3.05) is 44.7 Å². The number of nitrogens with zero attached hydrogens (tertiary/aromatic N) is 2. The van der Waals surface area contributed by atoms with Gasteiger partial charge in [-0.3, -0.25) is 4.79 Å². The summed E-state index contributed by atoms with van der Waals surface area (Å²) < 4.78 is 35.0. The molecule has 0 spiro atoms. The van der Waals surface area contributed by atoms with Gasteiger partial charge in [0.2, 0.25) is 0 Å². The highest BCUT2D eigenvalue weighted by Gasteiger charge is 2.40. The smallest absolute Gasteiger partial charge is 0.334 e. The minimum Gasteiger partial charge on any atom is -0.378 e. The molecule has 2 aliphatic rings. The summed E-state index contributed by atoms with van der Waals surface area (Å²) in [4.78, 5) is 28.3. The van der Waals surface area contributed by atoms with Crippen molar-refractivity contribution in [3.63, 3.8) is 0 Å². The molecule has 2 fully saturated rings. The number of carbonyl (C=O) groups is 2. The average molecular weight is 537 g/mol. The van der Waals surface area contributed by atoms with E-state index in [9.17, 15) is 18.0 Å². The molecule has 2 saturated heterocycles. The molecule has 0 aromatic heterocycles. The Labute approximate surface area is 222 Å². The zero-order valence-electron chi connectivity index (χ0n) is 21.4. The van der Waals surface area contributed by atoms with Crippen molar-refractivity contribution in [1.29, 1.82) is 0 Å². The fourth-order valence-corrected chi connectivity index (χ4v) is 6.97. The van der Waals surface area contributed by atoms with Crippen molar-refractivity contribution < 1.29 is 22.7 Å². The highest BCUT2D eigenvalue weighted by molar-refractivity contribution is 7.90. The molecule has 0 atom stereocenters. The van der Waals surface area contributed by atoms with Crippen LogP contribution in [0.4, 0.5) is 10.5 Å². The molecule has 0 unspecified atom stereocenters. The summed E-state index contributed by atoms with van der Waals surface area (Å²) in [7, 11) is -4.22. The monoisotopic (exact) mass is 536 g/mol. The highest BCUT2D eigenvalue weighted by atomic mass is 32.2. The lowest BCUT2D eigenvalue weighted by Crippen LogP contribution is -2.55. The van der Waals surface area contributed by atoms with Gasteiger partial charge in [0.25, 0.3) is 15.9 Å². The van der Waals surface area contributed by atoms with E-state index in [0.717, 1.165) is 9.87 Å². The van der Waals surface area contributed by atoms with E-state index in [4.69, 9.17) is 4.74 Å². The lowest BCUT2D eigenvalue weighted by molar-refractivity contribution is 0.0459. The van der Waals surface area contributed by atoms with Crippen LogP contribution in [0.15, 0.2) is 65.6 Å².